The third kappa shape index (κ3) is 1.46. The second kappa shape index (κ2) is 3.05. The van der Waals surface area contributed by atoms with E-state index in [0.717, 1.165) is 18.4 Å². The average molecular weight is 169 g/mol. The summed E-state index contributed by atoms with van der Waals surface area (Å²) in [7, 11) is 0. The molecular formula is C9H15NO2. The number of ether oxygens (including phenoxy) is 1. The summed E-state index contributed by atoms with van der Waals surface area (Å²) in [5.74, 6) is 1.58. The number of esters is 1. The summed E-state index contributed by atoms with van der Waals surface area (Å²) in [5.41, 5.74) is 0. The van der Waals surface area contributed by atoms with Crippen molar-refractivity contribution in [3.05, 3.63) is 0 Å². The van der Waals surface area contributed by atoms with E-state index in [9.17, 15) is 4.79 Å². The van der Waals surface area contributed by atoms with Gasteiger partial charge in [-0.3, -0.25) is 4.79 Å². The van der Waals surface area contributed by atoms with Crippen LogP contribution in [0.25, 0.3) is 0 Å². The fraction of sp³-hybridized carbons (Fsp3) is 0.889. The molecule has 12 heavy (non-hydrogen) atoms. The molecule has 3 heteroatoms. The van der Waals surface area contributed by atoms with Crippen molar-refractivity contribution >= 4 is 5.97 Å². The average Bonchev–Trinajstić information content (AvgIpc) is 2.71. The van der Waals surface area contributed by atoms with Crippen LogP contribution in [-0.2, 0) is 9.53 Å². The van der Waals surface area contributed by atoms with E-state index < -0.39 is 0 Å². The molecule has 0 amide bonds. The first-order valence-electron chi connectivity index (χ1n) is 4.70. The van der Waals surface area contributed by atoms with Crippen LogP contribution in [0.3, 0.4) is 0 Å². The zero-order chi connectivity index (χ0) is 8.55. The Balaban J connectivity index is 1.75. The highest BCUT2D eigenvalue weighted by Gasteiger charge is 2.48. The topological polar surface area (TPSA) is 38.3 Å². The number of fused-ring (bicyclic) bond motifs is 1. The number of rotatable bonds is 3. The Bertz CT molecular complexity index is 193. The first-order valence-corrected chi connectivity index (χ1v) is 4.70. The Kier molecular flexibility index (Phi) is 2.05. The predicted molar refractivity (Wildman–Crippen MR) is 44.6 cm³/mol. The number of piperidine rings is 1. The third-order valence-electron chi connectivity index (χ3n) is 2.83. The van der Waals surface area contributed by atoms with E-state index in [-0.39, 0.29) is 5.97 Å². The summed E-state index contributed by atoms with van der Waals surface area (Å²) in [6, 6.07) is 0.411. The maximum Gasteiger partial charge on any atom is 0.307 e. The standard InChI is InChI=1S/C9H15NO2/c1-2-12-9(11)4-8-7-3-6(7)5-10-8/h6-8,10H,2-5H2,1H3. The van der Waals surface area contributed by atoms with Crippen molar-refractivity contribution in [2.24, 2.45) is 11.8 Å². The maximum absolute atomic E-state index is 11.1. The Morgan fingerprint density at radius 2 is 2.50 bits per heavy atom. The van der Waals surface area contributed by atoms with Crippen LogP contribution in [0.4, 0.5) is 0 Å². The number of carbonyl (C=O) groups excluding carboxylic acids is 1. The number of hydrogen-bond acceptors (Lipinski definition) is 3. The van der Waals surface area contributed by atoms with Gasteiger partial charge in [0.2, 0.25) is 0 Å². The van der Waals surface area contributed by atoms with Gasteiger partial charge in [-0.05, 0) is 31.7 Å². The molecule has 2 rings (SSSR count). The van der Waals surface area contributed by atoms with Gasteiger partial charge in [0, 0.05) is 6.04 Å². The van der Waals surface area contributed by atoms with Gasteiger partial charge in [0.05, 0.1) is 13.0 Å². The first-order chi connectivity index (χ1) is 5.81. The van der Waals surface area contributed by atoms with E-state index in [1.54, 1.807) is 0 Å². The van der Waals surface area contributed by atoms with Crippen molar-refractivity contribution in [2.75, 3.05) is 13.2 Å². The number of nitrogens with one attached hydrogen (secondary N) is 1. The van der Waals surface area contributed by atoms with Gasteiger partial charge >= 0.3 is 5.97 Å². The summed E-state index contributed by atoms with van der Waals surface area (Å²) >= 11 is 0. The summed E-state index contributed by atoms with van der Waals surface area (Å²) in [6.45, 7) is 3.45. The summed E-state index contributed by atoms with van der Waals surface area (Å²) in [5, 5.41) is 3.34. The monoisotopic (exact) mass is 169 g/mol. The maximum atomic E-state index is 11.1. The van der Waals surface area contributed by atoms with Gasteiger partial charge in [-0.15, -0.1) is 0 Å². The Morgan fingerprint density at radius 1 is 1.67 bits per heavy atom. The minimum absolute atomic E-state index is 0.0532. The van der Waals surface area contributed by atoms with E-state index in [0.29, 0.717) is 19.1 Å². The fourth-order valence-electron chi connectivity index (χ4n) is 2.08. The zero-order valence-corrected chi connectivity index (χ0v) is 7.38. The summed E-state index contributed by atoms with van der Waals surface area (Å²) in [4.78, 5) is 11.1. The number of hydrogen-bond donors (Lipinski definition) is 1. The Labute approximate surface area is 72.5 Å². The smallest absolute Gasteiger partial charge is 0.307 e. The van der Waals surface area contributed by atoms with Crippen LogP contribution in [0.15, 0.2) is 0 Å². The normalized spacial score (nSPS) is 37.6. The molecule has 3 unspecified atom stereocenters. The van der Waals surface area contributed by atoms with Crippen LogP contribution in [-0.4, -0.2) is 25.2 Å². The molecule has 1 saturated heterocycles. The van der Waals surface area contributed by atoms with E-state index in [1.807, 2.05) is 6.92 Å². The lowest BCUT2D eigenvalue weighted by Gasteiger charge is -2.11. The van der Waals surface area contributed by atoms with Gasteiger partial charge in [0.15, 0.2) is 0 Å². The molecule has 2 aliphatic rings. The van der Waals surface area contributed by atoms with Crippen molar-refractivity contribution in [1.29, 1.82) is 0 Å². The van der Waals surface area contributed by atoms with Gasteiger partial charge in [0.1, 0.15) is 0 Å². The highest BCUT2D eigenvalue weighted by atomic mass is 16.5. The van der Waals surface area contributed by atoms with Crippen LogP contribution in [0, 0.1) is 11.8 Å². The summed E-state index contributed by atoms with van der Waals surface area (Å²) in [6.07, 6.45) is 1.88. The van der Waals surface area contributed by atoms with Gasteiger partial charge in [0.25, 0.3) is 0 Å². The van der Waals surface area contributed by atoms with Crippen molar-refractivity contribution in [3.63, 3.8) is 0 Å². The molecule has 1 N–H and O–H groups in total. The lowest BCUT2D eigenvalue weighted by atomic mass is 10.1. The second-order valence-corrected chi connectivity index (χ2v) is 3.68. The van der Waals surface area contributed by atoms with Gasteiger partial charge in [-0.1, -0.05) is 0 Å². The first kappa shape index (κ1) is 8.05. The van der Waals surface area contributed by atoms with Crippen molar-refractivity contribution in [3.8, 4) is 0 Å². The lowest BCUT2D eigenvalue weighted by molar-refractivity contribution is -0.143. The van der Waals surface area contributed by atoms with Gasteiger partial charge in [-0.25, -0.2) is 0 Å². The van der Waals surface area contributed by atoms with E-state index in [1.165, 1.54) is 6.42 Å². The lowest BCUT2D eigenvalue weighted by Crippen LogP contribution is -2.29. The fourth-order valence-corrected chi connectivity index (χ4v) is 2.08. The Morgan fingerprint density at radius 3 is 3.00 bits per heavy atom. The number of carbonyl (C=O) groups is 1. The molecule has 0 bridgehead atoms. The molecule has 1 heterocycles. The quantitative estimate of drug-likeness (QED) is 0.627. The van der Waals surface area contributed by atoms with E-state index >= 15 is 0 Å². The molecule has 0 spiro atoms. The molecule has 0 aromatic heterocycles. The minimum Gasteiger partial charge on any atom is -0.466 e. The van der Waals surface area contributed by atoms with Crippen LogP contribution in [0.1, 0.15) is 19.8 Å². The predicted octanol–water partition coefficient (Wildman–Crippen LogP) is 0.547. The second-order valence-electron chi connectivity index (χ2n) is 3.68. The largest absolute Gasteiger partial charge is 0.466 e. The minimum atomic E-state index is -0.0532. The molecule has 3 atom stereocenters. The molecule has 0 radical (unpaired) electrons. The highest BCUT2D eigenvalue weighted by molar-refractivity contribution is 5.70. The van der Waals surface area contributed by atoms with Gasteiger partial charge < -0.3 is 10.1 Å². The third-order valence-corrected chi connectivity index (χ3v) is 2.83. The van der Waals surface area contributed by atoms with Gasteiger partial charge in [-0.2, -0.15) is 0 Å². The molecular weight excluding hydrogens is 154 g/mol. The highest BCUT2D eigenvalue weighted by Crippen LogP contribution is 2.45. The van der Waals surface area contributed by atoms with Crippen LogP contribution in [0.2, 0.25) is 0 Å². The van der Waals surface area contributed by atoms with Crippen molar-refractivity contribution < 1.29 is 9.53 Å². The molecule has 2 fully saturated rings. The Hall–Kier alpha value is -0.570. The molecule has 1 saturated carbocycles. The van der Waals surface area contributed by atoms with Crippen LogP contribution < -0.4 is 5.32 Å². The van der Waals surface area contributed by atoms with E-state index in [4.69, 9.17) is 4.74 Å². The molecule has 68 valence electrons. The molecule has 0 aromatic carbocycles. The van der Waals surface area contributed by atoms with E-state index in [2.05, 4.69) is 5.32 Å². The summed E-state index contributed by atoms with van der Waals surface area (Å²) < 4.78 is 4.89. The zero-order valence-electron chi connectivity index (χ0n) is 7.38. The molecule has 3 nitrogen and oxygen atoms in total. The molecule has 0 aromatic rings. The van der Waals surface area contributed by atoms with Crippen molar-refractivity contribution in [2.45, 2.75) is 25.8 Å². The van der Waals surface area contributed by atoms with Crippen LogP contribution >= 0.6 is 0 Å². The SMILES string of the molecule is CCOC(=O)CC1NCC2CC21. The van der Waals surface area contributed by atoms with Crippen LogP contribution in [0.5, 0.6) is 0 Å². The van der Waals surface area contributed by atoms with Crippen molar-refractivity contribution in [1.82, 2.24) is 5.32 Å². The molecule has 1 aliphatic carbocycles. The molecule has 1 aliphatic heterocycles.